The van der Waals surface area contributed by atoms with E-state index in [0.717, 1.165) is 28.5 Å². The molecule has 2 aromatic rings. The summed E-state index contributed by atoms with van der Waals surface area (Å²) in [7, 11) is 1.21. The summed E-state index contributed by atoms with van der Waals surface area (Å²) in [5, 5.41) is 10.8. The Morgan fingerprint density at radius 3 is 2.50 bits per heavy atom. The zero-order chi connectivity index (χ0) is 19.1. The molecule has 0 bridgehead atoms. The second kappa shape index (κ2) is 8.56. The lowest BCUT2D eigenvalue weighted by Crippen LogP contribution is -2.39. The third-order valence-corrected chi connectivity index (χ3v) is 3.60. The number of ether oxygens (including phenoxy) is 1. The van der Waals surface area contributed by atoms with Crippen LogP contribution in [0.1, 0.15) is 5.56 Å². The second-order valence-corrected chi connectivity index (χ2v) is 5.42. The molecule has 0 unspecified atom stereocenters. The fraction of sp³-hybridized carbons (Fsp3) is 0.235. The van der Waals surface area contributed by atoms with E-state index in [1.54, 1.807) is 24.3 Å². The quantitative estimate of drug-likeness (QED) is 0.413. The van der Waals surface area contributed by atoms with E-state index in [1.165, 1.54) is 12.0 Å². The van der Waals surface area contributed by atoms with Crippen molar-refractivity contribution in [3.63, 3.8) is 0 Å². The van der Waals surface area contributed by atoms with Crippen LogP contribution in [-0.4, -0.2) is 39.9 Å². The minimum absolute atomic E-state index is 0.137. The third-order valence-electron chi connectivity index (χ3n) is 3.60. The van der Waals surface area contributed by atoms with Gasteiger partial charge in [-0.1, -0.05) is 30.3 Å². The molecule has 0 saturated carbocycles. The van der Waals surface area contributed by atoms with Crippen molar-refractivity contribution in [1.82, 2.24) is 9.47 Å². The van der Waals surface area contributed by atoms with Crippen LogP contribution in [0.25, 0.3) is 0 Å². The molecule has 9 nitrogen and oxygen atoms in total. The van der Waals surface area contributed by atoms with Crippen LogP contribution in [-0.2, 0) is 27.4 Å². The van der Waals surface area contributed by atoms with Gasteiger partial charge in [-0.25, -0.2) is 0 Å². The number of nitrogens with zero attached hydrogens (tertiary/aromatic N) is 3. The topological polar surface area (TPSA) is 112 Å². The van der Waals surface area contributed by atoms with Crippen LogP contribution in [0.15, 0.2) is 53.5 Å². The van der Waals surface area contributed by atoms with Crippen molar-refractivity contribution >= 4 is 17.6 Å². The molecule has 1 heterocycles. The summed E-state index contributed by atoms with van der Waals surface area (Å²) in [4.78, 5) is 47.5. The molecule has 2 rings (SSSR count). The van der Waals surface area contributed by atoms with Crippen molar-refractivity contribution in [2.75, 3.05) is 13.7 Å². The highest BCUT2D eigenvalue weighted by Crippen LogP contribution is 2.09. The van der Waals surface area contributed by atoms with Crippen molar-refractivity contribution in [1.29, 1.82) is 0 Å². The van der Waals surface area contributed by atoms with E-state index in [2.05, 4.69) is 4.74 Å². The van der Waals surface area contributed by atoms with Gasteiger partial charge in [-0.15, -0.1) is 0 Å². The summed E-state index contributed by atoms with van der Waals surface area (Å²) in [6, 6.07) is 11.1. The van der Waals surface area contributed by atoms with Crippen LogP contribution in [0.5, 0.6) is 0 Å². The Morgan fingerprint density at radius 2 is 1.88 bits per heavy atom. The summed E-state index contributed by atoms with van der Waals surface area (Å²) < 4.78 is 5.54. The number of esters is 1. The van der Waals surface area contributed by atoms with Crippen LogP contribution >= 0.6 is 0 Å². The molecule has 0 spiro atoms. The normalized spacial score (nSPS) is 10.2. The van der Waals surface area contributed by atoms with Crippen LogP contribution < -0.4 is 5.56 Å². The minimum atomic E-state index is -0.656. The van der Waals surface area contributed by atoms with E-state index in [-0.39, 0.29) is 18.8 Å². The van der Waals surface area contributed by atoms with Crippen LogP contribution in [0.4, 0.5) is 5.69 Å². The van der Waals surface area contributed by atoms with E-state index < -0.39 is 28.9 Å². The van der Waals surface area contributed by atoms with Gasteiger partial charge >= 0.3 is 5.97 Å². The number of carbonyl (C=O) groups is 2. The van der Waals surface area contributed by atoms with Crippen molar-refractivity contribution < 1.29 is 19.2 Å². The lowest BCUT2D eigenvalue weighted by Gasteiger charge is -2.22. The zero-order valence-corrected chi connectivity index (χ0v) is 14.0. The SMILES string of the molecule is COC(=O)CN(Cc1ccccc1)C(=O)Cn1cc([N+](=O)[O-])ccc1=O. The molecule has 9 heteroatoms. The van der Waals surface area contributed by atoms with Gasteiger partial charge in [0.05, 0.1) is 18.2 Å². The van der Waals surface area contributed by atoms with Crippen LogP contribution in [0, 0.1) is 10.1 Å². The first kappa shape index (κ1) is 18.8. The zero-order valence-electron chi connectivity index (χ0n) is 14.0. The van der Waals surface area contributed by atoms with Crippen molar-refractivity contribution in [3.8, 4) is 0 Å². The van der Waals surface area contributed by atoms with Crippen LogP contribution in [0.2, 0.25) is 0 Å². The molecule has 1 aromatic heterocycles. The number of rotatable bonds is 7. The molecule has 0 aliphatic rings. The Hall–Kier alpha value is -3.49. The monoisotopic (exact) mass is 359 g/mol. The van der Waals surface area contributed by atoms with E-state index in [4.69, 9.17) is 0 Å². The Labute approximate surface area is 148 Å². The molecular formula is C17H17N3O6. The average molecular weight is 359 g/mol. The Bertz CT molecular complexity index is 862. The number of hydrogen-bond donors (Lipinski definition) is 0. The van der Waals surface area contributed by atoms with E-state index >= 15 is 0 Å². The van der Waals surface area contributed by atoms with E-state index in [9.17, 15) is 24.5 Å². The van der Waals surface area contributed by atoms with Gasteiger partial charge < -0.3 is 9.64 Å². The van der Waals surface area contributed by atoms with Gasteiger partial charge in [0.25, 0.3) is 11.2 Å². The summed E-state index contributed by atoms with van der Waals surface area (Å²) in [6.45, 7) is -0.587. The highest BCUT2D eigenvalue weighted by atomic mass is 16.6. The molecular weight excluding hydrogens is 342 g/mol. The van der Waals surface area contributed by atoms with Crippen LogP contribution in [0.3, 0.4) is 0 Å². The van der Waals surface area contributed by atoms with Gasteiger partial charge in [-0.2, -0.15) is 0 Å². The highest BCUT2D eigenvalue weighted by Gasteiger charge is 2.20. The largest absolute Gasteiger partial charge is 0.468 e. The van der Waals surface area contributed by atoms with Gasteiger partial charge in [-0.05, 0) is 5.56 Å². The first-order valence-electron chi connectivity index (χ1n) is 7.64. The molecule has 0 aliphatic carbocycles. The van der Waals surface area contributed by atoms with E-state index in [0.29, 0.717) is 0 Å². The maximum atomic E-state index is 12.6. The number of pyridine rings is 1. The number of nitro groups is 1. The smallest absolute Gasteiger partial charge is 0.325 e. The molecule has 0 radical (unpaired) electrons. The lowest BCUT2D eigenvalue weighted by atomic mass is 10.2. The molecule has 1 aromatic carbocycles. The summed E-state index contributed by atoms with van der Waals surface area (Å²) >= 11 is 0. The number of amides is 1. The molecule has 136 valence electrons. The maximum absolute atomic E-state index is 12.6. The minimum Gasteiger partial charge on any atom is -0.468 e. The number of hydrogen-bond acceptors (Lipinski definition) is 6. The van der Waals surface area contributed by atoms with Gasteiger partial charge in [0.2, 0.25) is 5.91 Å². The molecule has 0 saturated heterocycles. The highest BCUT2D eigenvalue weighted by molar-refractivity contribution is 5.82. The predicted octanol–water partition coefficient (Wildman–Crippen LogP) is 0.958. The molecule has 1 amide bonds. The Balaban J connectivity index is 2.23. The Kier molecular flexibility index (Phi) is 6.20. The van der Waals surface area contributed by atoms with Gasteiger partial charge in [0.1, 0.15) is 13.1 Å². The third kappa shape index (κ3) is 5.00. The van der Waals surface area contributed by atoms with Gasteiger partial charge in [0, 0.05) is 18.7 Å². The standard InChI is InChI=1S/C17H17N3O6/c1-26-17(23)12-18(9-13-5-3-2-4-6-13)16(22)11-19-10-14(20(24)25)7-8-15(19)21/h2-8,10H,9,11-12H2,1H3. The molecule has 26 heavy (non-hydrogen) atoms. The number of methoxy groups -OCH3 is 1. The van der Waals surface area contributed by atoms with Crippen molar-refractivity contribution in [3.05, 3.63) is 74.7 Å². The molecule has 0 fully saturated rings. The Morgan fingerprint density at radius 1 is 1.19 bits per heavy atom. The van der Waals surface area contributed by atoms with Crippen molar-refractivity contribution in [2.45, 2.75) is 13.1 Å². The first-order chi connectivity index (χ1) is 12.4. The lowest BCUT2D eigenvalue weighted by molar-refractivity contribution is -0.385. The summed E-state index contributed by atoms with van der Waals surface area (Å²) in [5.41, 5.74) is -0.0715. The molecule has 0 aliphatic heterocycles. The van der Waals surface area contributed by atoms with E-state index in [1.807, 2.05) is 6.07 Å². The average Bonchev–Trinajstić information content (AvgIpc) is 2.63. The second-order valence-electron chi connectivity index (χ2n) is 5.42. The van der Waals surface area contributed by atoms with Crippen molar-refractivity contribution in [2.24, 2.45) is 0 Å². The van der Waals surface area contributed by atoms with Gasteiger partial charge in [-0.3, -0.25) is 29.1 Å². The summed E-state index contributed by atoms with van der Waals surface area (Å²) in [6.07, 6.45) is 0.999. The molecule has 0 atom stereocenters. The summed E-state index contributed by atoms with van der Waals surface area (Å²) in [5.74, 6) is -1.15. The maximum Gasteiger partial charge on any atom is 0.325 e. The predicted molar refractivity (Wildman–Crippen MR) is 91.2 cm³/mol. The first-order valence-corrected chi connectivity index (χ1v) is 7.64. The fourth-order valence-corrected chi connectivity index (χ4v) is 2.25. The fourth-order valence-electron chi connectivity index (χ4n) is 2.25. The van der Waals surface area contributed by atoms with Gasteiger partial charge in [0.15, 0.2) is 0 Å². The number of benzene rings is 1. The molecule has 0 N–H and O–H groups in total. The number of carbonyl (C=O) groups excluding carboxylic acids is 2. The number of aromatic nitrogens is 1.